The van der Waals surface area contributed by atoms with Crippen molar-refractivity contribution in [3.8, 4) is 0 Å². The third-order valence-electron chi connectivity index (χ3n) is 5.27. The summed E-state index contributed by atoms with van der Waals surface area (Å²) in [5.74, 6) is -1.26. The van der Waals surface area contributed by atoms with Gasteiger partial charge in [-0.1, -0.05) is 42.5 Å². The molecule has 0 fully saturated rings. The molecule has 0 aromatic heterocycles. The van der Waals surface area contributed by atoms with Crippen molar-refractivity contribution >= 4 is 23.7 Å². The Bertz CT molecular complexity index is 1070. The summed E-state index contributed by atoms with van der Waals surface area (Å²) in [6.07, 6.45) is -2.34. The maximum absolute atomic E-state index is 12.8. The molecule has 11 heteroatoms. The minimum Gasteiger partial charge on any atom is -0.467 e. The summed E-state index contributed by atoms with van der Waals surface area (Å²) >= 11 is 0. The highest BCUT2D eigenvalue weighted by atomic mass is 16.6. The summed E-state index contributed by atoms with van der Waals surface area (Å²) in [7, 11) is 1.21. The fourth-order valence-corrected chi connectivity index (χ4v) is 3.52. The third kappa shape index (κ3) is 10.3. The molecule has 0 bridgehead atoms. The number of aliphatic hydroxyl groups excluding tert-OH is 1. The quantitative estimate of drug-likeness (QED) is 0.234. The Labute approximate surface area is 215 Å². The molecule has 11 nitrogen and oxygen atoms in total. The number of ether oxygens (including phenoxy) is 2. The Morgan fingerprint density at radius 3 is 2.11 bits per heavy atom. The van der Waals surface area contributed by atoms with Gasteiger partial charge in [-0.25, -0.2) is 9.59 Å². The van der Waals surface area contributed by atoms with Crippen LogP contribution < -0.4 is 10.6 Å². The minimum atomic E-state index is -1.36. The second-order valence-corrected chi connectivity index (χ2v) is 9.48. The molecule has 0 spiro atoms. The summed E-state index contributed by atoms with van der Waals surface area (Å²) in [6, 6.07) is 12.7. The zero-order valence-electron chi connectivity index (χ0n) is 21.3. The Hall–Kier alpha value is -3.99. The predicted octanol–water partition coefficient (Wildman–Crippen LogP) is 2.68. The number of nitrogens with one attached hydrogen (secondary N) is 2. The van der Waals surface area contributed by atoms with Gasteiger partial charge >= 0.3 is 12.1 Å². The molecule has 200 valence electrons. The Balaban J connectivity index is 2.14. The van der Waals surface area contributed by atoms with E-state index in [-0.39, 0.29) is 18.5 Å². The molecule has 37 heavy (non-hydrogen) atoms. The first kappa shape index (κ1) is 29.2. The molecule has 0 heterocycles. The number of alkyl carbamates (subject to hydrolysis) is 1. The molecular formula is C26H33N3O8. The molecule has 2 aromatic carbocycles. The number of nitro benzene ring substituents is 1. The first-order valence-corrected chi connectivity index (χ1v) is 11.7. The SMILES string of the molecule is COC(=O)[C@H](Cc1ccccc1)NC(=O)C[C@H](O)[C@H](Cc1ccc([N+](=O)[O-])cc1)NC(=O)OC(C)(C)C. The second kappa shape index (κ2) is 13.4. The number of rotatable bonds is 11. The van der Waals surface area contributed by atoms with Crippen molar-refractivity contribution in [2.75, 3.05) is 7.11 Å². The van der Waals surface area contributed by atoms with E-state index in [4.69, 9.17) is 9.47 Å². The van der Waals surface area contributed by atoms with Crippen molar-refractivity contribution in [2.24, 2.45) is 0 Å². The number of nitrogens with zero attached hydrogens (tertiary/aromatic N) is 1. The molecular weight excluding hydrogens is 482 g/mol. The highest BCUT2D eigenvalue weighted by Crippen LogP contribution is 2.16. The normalized spacial score (nSPS) is 13.5. The number of hydrogen-bond acceptors (Lipinski definition) is 8. The monoisotopic (exact) mass is 515 g/mol. The number of benzene rings is 2. The molecule has 0 saturated heterocycles. The third-order valence-corrected chi connectivity index (χ3v) is 5.27. The number of hydrogen-bond donors (Lipinski definition) is 3. The standard InChI is InChI=1S/C26H33N3O8/c1-26(2,3)37-25(33)28-20(14-18-10-12-19(13-11-18)29(34)35)22(30)16-23(31)27-21(24(32)36-4)15-17-8-6-5-7-9-17/h5-13,20-22,30H,14-16H2,1-4H3,(H,27,31)(H,28,33)/t20-,21-,22-/m0/s1. The number of non-ortho nitro benzene ring substituents is 1. The lowest BCUT2D eigenvalue weighted by molar-refractivity contribution is -0.384. The molecule has 2 amide bonds. The van der Waals surface area contributed by atoms with Crippen LogP contribution >= 0.6 is 0 Å². The summed E-state index contributed by atoms with van der Waals surface area (Å²) in [5.41, 5.74) is 0.492. The molecule has 0 radical (unpaired) electrons. The Morgan fingerprint density at radius 1 is 0.973 bits per heavy atom. The van der Waals surface area contributed by atoms with E-state index in [1.54, 1.807) is 32.9 Å². The maximum Gasteiger partial charge on any atom is 0.407 e. The largest absolute Gasteiger partial charge is 0.467 e. The van der Waals surface area contributed by atoms with Crippen molar-refractivity contribution in [3.05, 3.63) is 75.8 Å². The highest BCUT2D eigenvalue weighted by Gasteiger charge is 2.29. The topological polar surface area (TPSA) is 157 Å². The molecule has 0 aliphatic rings. The van der Waals surface area contributed by atoms with Crippen LogP contribution in [0.1, 0.15) is 38.3 Å². The summed E-state index contributed by atoms with van der Waals surface area (Å²) in [5, 5.41) is 27.0. The average molecular weight is 516 g/mol. The van der Waals surface area contributed by atoms with E-state index < -0.39 is 53.1 Å². The number of nitro groups is 1. The van der Waals surface area contributed by atoms with Gasteiger partial charge in [-0.2, -0.15) is 0 Å². The van der Waals surface area contributed by atoms with Gasteiger partial charge in [0.2, 0.25) is 5.91 Å². The summed E-state index contributed by atoms with van der Waals surface area (Å²) < 4.78 is 10.1. The molecule has 0 aliphatic carbocycles. The van der Waals surface area contributed by atoms with Gasteiger partial charge in [0.1, 0.15) is 11.6 Å². The van der Waals surface area contributed by atoms with Gasteiger partial charge in [0.15, 0.2) is 0 Å². The van der Waals surface area contributed by atoms with Crippen molar-refractivity contribution in [1.29, 1.82) is 0 Å². The Morgan fingerprint density at radius 2 is 1.57 bits per heavy atom. The van der Waals surface area contributed by atoms with Gasteiger partial charge < -0.3 is 25.2 Å². The van der Waals surface area contributed by atoms with Gasteiger partial charge in [0.25, 0.3) is 5.69 Å². The number of methoxy groups -OCH3 is 1. The van der Waals surface area contributed by atoms with Gasteiger partial charge in [-0.05, 0) is 38.3 Å². The van der Waals surface area contributed by atoms with Crippen LogP contribution in [0.2, 0.25) is 0 Å². The molecule has 2 aromatic rings. The van der Waals surface area contributed by atoms with Crippen molar-refractivity contribution in [3.63, 3.8) is 0 Å². The van der Waals surface area contributed by atoms with Crippen LogP contribution in [0.5, 0.6) is 0 Å². The van der Waals surface area contributed by atoms with Crippen molar-refractivity contribution in [2.45, 2.75) is 63.8 Å². The zero-order chi connectivity index (χ0) is 27.6. The van der Waals surface area contributed by atoms with Crippen LogP contribution in [0.15, 0.2) is 54.6 Å². The highest BCUT2D eigenvalue weighted by molar-refractivity contribution is 5.85. The van der Waals surface area contributed by atoms with Crippen LogP contribution in [0.4, 0.5) is 10.5 Å². The molecule has 0 saturated carbocycles. The lowest BCUT2D eigenvalue weighted by atomic mass is 9.98. The first-order chi connectivity index (χ1) is 17.4. The van der Waals surface area contributed by atoms with E-state index in [9.17, 15) is 29.6 Å². The van der Waals surface area contributed by atoms with E-state index in [0.717, 1.165) is 5.56 Å². The van der Waals surface area contributed by atoms with Crippen LogP contribution in [-0.2, 0) is 31.9 Å². The fraction of sp³-hybridized carbons (Fsp3) is 0.423. The number of aliphatic hydroxyl groups is 1. The summed E-state index contributed by atoms with van der Waals surface area (Å²) in [6.45, 7) is 5.05. The first-order valence-electron chi connectivity index (χ1n) is 11.7. The number of carbonyl (C=O) groups excluding carboxylic acids is 3. The zero-order valence-corrected chi connectivity index (χ0v) is 21.3. The van der Waals surface area contributed by atoms with E-state index in [2.05, 4.69) is 10.6 Å². The van der Waals surface area contributed by atoms with Crippen LogP contribution in [-0.4, -0.2) is 58.9 Å². The van der Waals surface area contributed by atoms with Gasteiger partial charge in [-0.3, -0.25) is 14.9 Å². The minimum absolute atomic E-state index is 0.0656. The van der Waals surface area contributed by atoms with Crippen LogP contribution in [0, 0.1) is 10.1 Å². The number of amides is 2. The van der Waals surface area contributed by atoms with Crippen LogP contribution in [0.25, 0.3) is 0 Å². The van der Waals surface area contributed by atoms with E-state index >= 15 is 0 Å². The van der Waals surface area contributed by atoms with Crippen molar-refractivity contribution in [1.82, 2.24) is 10.6 Å². The smallest absolute Gasteiger partial charge is 0.407 e. The van der Waals surface area contributed by atoms with Gasteiger partial charge in [-0.15, -0.1) is 0 Å². The van der Waals surface area contributed by atoms with Crippen molar-refractivity contribution < 1.29 is 33.9 Å². The van der Waals surface area contributed by atoms with Gasteiger partial charge in [0, 0.05) is 18.6 Å². The Kier molecular flexibility index (Phi) is 10.6. The van der Waals surface area contributed by atoms with E-state index in [0.29, 0.717) is 5.56 Å². The van der Waals surface area contributed by atoms with E-state index in [1.807, 2.05) is 18.2 Å². The summed E-state index contributed by atoms with van der Waals surface area (Å²) in [4.78, 5) is 47.8. The average Bonchev–Trinajstić information content (AvgIpc) is 2.82. The fourth-order valence-electron chi connectivity index (χ4n) is 3.52. The molecule has 3 atom stereocenters. The maximum atomic E-state index is 12.8. The van der Waals surface area contributed by atoms with Crippen LogP contribution in [0.3, 0.4) is 0 Å². The second-order valence-electron chi connectivity index (χ2n) is 9.48. The lowest BCUT2D eigenvalue weighted by Crippen LogP contribution is -2.49. The molecule has 0 unspecified atom stereocenters. The number of esters is 1. The molecule has 0 aliphatic heterocycles. The lowest BCUT2D eigenvalue weighted by Gasteiger charge is -2.27. The predicted molar refractivity (Wildman–Crippen MR) is 135 cm³/mol. The van der Waals surface area contributed by atoms with E-state index in [1.165, 1.54) is 31.4 Å². The number of carbonyl (C=O) groups is 3. The van der Waals surface area contributed by atoms with Gasteiger partial charge in [0.05, 0.1) is 30.6 Å². The molecule has 2 rings (SSSR count). The molecule has 3 N–H and O–H groups in total.